The van der Waals surface area contributed by atoms with Crippen LogP contribution in [0.25, 0.3) is 0 Å². The van der Waals surface area contributed by atoms with Gasteiger partial charge in [-0.1, -0.05) is 50.2 Å². The van der Waals surface area contributed by atoms with Crippen molar-refractivity contribution in [2.45, 2.75) is 33.7 Å². The number of likely N-dealkylation sites (N-methyl/N-ethyl adjacent to an activating group) is 1. The summed E-state index contributed by atoms with van der Waals surface area (Å²) < 4.78 is 26.0. The standard InChI is InChI=1S/C24H31N3O4S/c1-5-26(6-2)21(18-11-8-7-9-12-18)16-25-22(28)19-13-10-14-20(15-19)27-23(29)24(3,4)17-32(27,30)31/h7-15,21H,5-6,16-17H2,1-4H3,(H,25,28). The molecular weight excluding hydrogens is 426 g/mol. The third-order valence-corrected chi connectivity index (χ3v) is 7.84. The second-order valence-corrected chi connectivity index (χ2v) is 10.4. The minimum atomic E-state index is -3.77. The third kappa shape index (κ3) is 4.86. The van der Waals surface area contributed by atoms with Crippen LogP contribution in [0.15, 0.2) is 54.6 Å². The van der Waals surface area contributed by atoms with E-state index in [1.54, 1.807) is 26.0 Å². The highest BCUT2D eigenvalue weighted by Gasteiger charge is 2.49. The average molecular weight is 458 g/mol. The molecule has 0 aliphatic carbocycles. The zero-order valence-corrected chi connectivity index (χ0v) is 19.9. The fourth-order valence-electron chi connectivity index (χ4n) is 4.12. The predicted octanol–water partition coefficient (Wildman–Crippen LogP) is 3.20. The highest BCUT2D eigenvalue weighted by atomic mass is 32.2. The number of hydrogen-bond acceptors (Lipinski definition) is 5. The van der Waals surface area contributed by atoms with E-state index in [0.29, 0.717) is 12.1 Å². The smallest absolute Gasteiger partial charge is 0.251 e. The molecule has 2 amide bonds. The molecule has 1 aliphatic heterocycles. The number of rotatable bonds is 8. The lowest BCUT2D eigenvalue weighted by Crippen LogP contribution is -2.38. The Bertz CT molecular complexity index is 1080. The largest absolute Gasteiger partial charge is 0.350 e. The summed E-state index contributed by atoms with van der Waals surface area (Å²) in [7, 11) is -3.77. The molecule has 2 aromatic carbocycles. The van der Waals surface area contributed by atoms with E-state index in [0.717, 1.165) is 23.0 Å². The van der Waals surface area contributed by atoms with Crippen molar-refractivity contribution in [3.05, 3.63) is 65.7 Å². The van der Waals surface area contributed by atoms with E-state index in [2.05, 4.69) is 24.1 Å². The van der Waals surface area contributed by atoms with E-state index in [9.17, 15) is 18.0 Å². The van der Waals surface area contributed by atoms with E-state index in [1.165, 1.54) is 12.1 Å². The van der Waals surface area contributed by atoms with Gasteiger partial charge in [0.25, 0.3) is 5.91 Å². The number of nitrogens with zero attached hydrogens (tertiary/aromatic N) is 2. The fourth-order valence-corrected chi connectivity index (χ4v) is 6.22. The predicted molar refractivity (Wildman–Crippen MR) is 126 cm³/mol. The second kappa shape index (κ2) is 9.42. The Hall–Kier alpha value is -2.71. The molecule has 1 heterocycles. The van der Waals surface area contributed by atoms with Crippen molar-refractivity contribution >= 4 is 27.5 Å². The molecular formula is C24H31N3O4S. The first-order chi connectivity index (χ1) is 15.1. The maximum Gasteiger partial charge on any atom is 0.251 e. The van der Waals surface area contributed by atoms with E-state index in [1.807, 2.05) is 30.3 Å². The Balaban J connectivity index is 1.81. The van der Waals surface area contributed by atoms with Gasteiger partial charge in [-0.2, -0.15) is 0 Å². The van der Waals surface area contributed by atoms with Gasteiger partial charge in [0.1, 0.15) is 0 Å². The minimum Gasteiger partial charge on any atom is -0.350 e. The molecule has 1 aliphatic rings. The van der Waals surface area contributed by atoms with Gasteiger partial charge in [-0.05, 0) is 50.7 Å². The monoisotopic (exact) mass is 457 g/mol. The first kappa shape index (κ1) is 23.9. The molecule has 172 valence electrons. The van der Waals surface area contributed by atoms with Crippen LogP contribution in [0.3, 0.4) is 0 Å². The maximum absolute atomic E-state index is 12.9. The van der Waals surface area contributed by atoms with E-state index in [-0.39, 0.29) is 23.4 Å². The fraction of sp³-hybridized carbons (Fsp3) is 0.417. The molecule has 0 saturated carbocycles. The van der Waals surface area contributed by atoms with Crippen LogP contribution in [0.4, 0.5) is 5.69 Å². The molecule has 1 unspecified atom stereocenters. The molecule has 0 spiro atoms. The first-order valence-corrected chi connectivity index (χ1v) is 12.5. The van der Waals surface area contributed by atoms with Crippen molar-refractivity contribution < 1.29 is 18.0 Å². The summed E-state index contributed by atoms with van der Waals surface area (Å²) in [6.45, 7) is 9.47. The van der Waals surface area contributed by atoms with Gasteiger partial charge in [0.05, 0.1) is 22.9 Å². The molecule has 1 saturated heterocycles. The van der Waals surface area contributed by atoms with Crippen LogP contribution in [0.1, 0.15) is 49.7 Å². The van der Waals surface area contributed by atoms with Crippen molar-refractivity contribution in [1.82, 2.24) is 10.2 Å². The Morgan fingerprint density at radius 1 is 1.09 bits per heavy atom. The topological polar surface area (TPSA) is 86.8 Å². The van der Waals surface area contributed by atoms with Gasteiger partial charge in [0, 0.05) is 12.1 Å². The number of anilines is 1. The van der Waals surface area contributed by atoms with Gasteiger partial charge in [0.15, 0.2) is 0 Å². The Morgan fingerprint density at radius 2 is 1.75 bits per heavy atom. The van der Waals surface area contributed by atoms with Crippen molar-refractivity contribution in [2.24, 2.45) is 5.41 Å². The number of sulfonamides is 1. The number of benzene rings is 2. The van der Waals surface area contributed by atoms with Crippen LogP contribution in [0.2, 0.25) is 0 Å². The molecule has 3 rings (SSSR count). The molecule has 0 bridgehead atoms. The van der Waals surface area contributed by atoms with Crippen LogP contribution >= 0.6 is 0 Å². The van der Waals surface area contributed by atoms with Crippen LogP contribution < -0.4 is 9.62 Å². The highest BCUT2D eigenvalue weighted by Crippen LogP contribution is 2.35. The van der Waals surface area contributed by atoms with Gasteiger partial charge in [-0.15, -0.1) is 0 Å². The first-order valence-electron chi connectivity index (χ1n) is 10.9. The summed E-state index contributed by atoms with van der Waals surface area (Å²) in [4.78, 5) is 27.9. The Morgan fingerprint density at radius 3 is 2.31 bits per heavy atom. The molecule has 1 N–H and O–H groups in total. The number of amides is 2. The SMILES string of the molecule is CCN(CC)C(CNC(=O)c1cccc(N2C(=O)C(C)(C)CS2(=O)=O)c1)c1ccccc1. The maximum atomic E-state index is 12.9. The molecule has 0 radical (unpaired) electrons. The van der Waals surface area contributed by atoms with Crippen LogP contribution in [-0.2, 0) is 14.8 Å². The van der Waals surface area contributed by atoms with Crippen LogP contribution in [0.5, 0.6) is 0 Å². The highest BCUT2D eigenvalue weighted by molar-refractivity contribution is 7.94. The summed E-state index contributed by atoms with van der Waals surface area (Å²) in [5.41, 5.74) is 0.614. The van der Waals surface area contributed by atoms with Gasteiger partial charge in [-0.3, -0.25) is 14.5 Å². The summed E-state index contributed by atoms with van der Waals surface area (Å²) in [5.74, 6) is -1.05. The van der Waals surface area contributed by atoms with Gasteiger partial charge < -0.3 is 5.32 Å². The van der Waals surface area contributed by atoms with Crippen molar-refractivity contribution in [3.63, 3.8) is 0 Å². The normalized spacial score (nSPS) is 18.0. The number of hydrogen-bond donors (Lipinski definition) is 1. The molecule has 7 nitrogen and oxygen atoms in total. The molecule has 1 fully saturated rings. The molecule has 8 heteroatoms. The summed E-state index contributed by atoms with van der Waals surface area (Å²) >= 11 is 0. The number of nitrogens with one attached hydrogen (secondary N) is 1. The quantitative estimate of drug-likeness (QED) is 0.658. The molecule has 1 atom stereocenters. The van der Waals surface area contributed by atoms with E-state index >= 15 is 0 Å². The van der Waals surface area contributed by atoms with Crippen molar-refractivity contribution in [1.29, 1.82) is 0 Å². The van der Waals surface area contributed by atoms with Crippen molar-refractivity contribution in [2.75, 3.05) is 29.7 Å². The third-order valence-electron chi connectivity index (χ3n) is 5.82. The van der Waals surface area contributed by atoms with Crippen LogP contribution in [0, 0.1) is 5.41 Å². The lowest BCUT2D eigenvalue weighted by Gasteiger charge is -2.30. The zero-order valence-electron chi connectivity index (χ0n) is 19.0. The summed E-state index contributed by atoms with van der Waals surface area (Å²) in [6, 6.07) is 16.2. The van der Waals surface area contributed by atoms with Gasteiger partial charge in [-0.25, -0.2) is 12.7 Å². The van der Waals surface area contributed by atoms with Crippen LogP contribution in [-0.4, -0.2) is 50.5 Å². The number of carbonyl (C=O) groups is 2. The van der Waals surface area contributed by atoms with Gasteiger partial charge in [0.2, 0.25) is 15.9 Å². The van der Waals surface area contributed by atoms with Gasteiger partial charge >= 0.3 is 0 Å². The minimum absolute atomic E-state index is 0.0136. The number of carbonyl (C=O) groups excluding carboxylic acids is 2. The molecule has 0 aromatic heterocycles. The summed E-state index contributed by atoms with van der Waals surface area (Å²) in [6.07, 6.45) is 0. The Kier molecular flexibility index (Phi) is 7.05. The van der Waals surface area contributed by atoms with E-state index in [4.69, 9.17) is 0 Å². The second-order valence-electron chi connectivity index (χ2n) is 8.62. The lowest BCUT2D eigenvalue weighted by molar-refractivity contribution is -0.123. The average Bonchev–Trinajstić information content (AvgIpc) is 2.93. The molecule has 32 heavy (non-hydrogen) atoms. The Labute approximate surface area is 190 Å². The zero-order chi connectivity index (χ0) is 23.5. The summed E-state index contributed by atoms with van der Waals surface area (Å²) in [5, 5.41) is 2.98. The molecule has 2 aromatic rings. The lowest BCUT2D eigenvalue weighted by atomic mass is 9.95. The van der Waals surface area contributed by atoms with Crippen molar-refractivity contribution in [3.8, 4) is 0 Å². The van der Waals surface area contributed by atoms with E-state index < -0.39 is 21.3 Å².